The van der Waals surface area contributed by atoms with Gasteiger partial charge in [-0.05, 0) is 26.0 Å². The maximum Gasteiger partial charge on any atom is 0.270 e. The van der Waals surface area contributed by atoms with Crippen LogP contribution in [-0.4, -0.2) is 40.2 Å². The van der Waals surface area contributed by atoms with E-state index in [0.29, 0.717) is 18.8 Å². The van der Waals surface area contributed by atoms with Crippen molar-refractivity contribution in [3.8, 4) is 0 Å². The predicted octanol–water partition coefficient (Wildman–Crippen LogP) is 2.12. The molecule has 0 unspecified atom stereocenters. The highest BCUT2D eigenvalue weighted by molar-refractivity contribution is 5.98. The number of hydrogen-bond acceptors (Lipinski definition) is 2. The van der Waals surface area contributed by atoms with Gasteiger partial charge >= 0.3 is 0 Å². The molecule has 0 bridgehead atoms. The fourth-order valence-electron chi connectivity index (χ4n) is 2.41. The minimum absolute atomic E-state index is 0.00800. The number of fused-ring (bicyclic) bond motifs is 1. The van der Waals surface area contributed by atoms with E-state index in [2.05, 4.69) is 0 Å². The second-order valence-electron chi connectivity index (χ2n) is 4.44. The lowest BCUT2D eigenvalue weighted by Gasteiger charge is -2.20. The molecule has 0 fully saturated rings. The number of carbonyl (C=O) groups excluding carboxylic acids is 1. The van der Waals surface area contributed by atoms with Crippen LogP contribution in [0.3, 0.4) is 0 Å². The monoisotopic (exact) mass is 260 g/mol. The van der Waals surface area contributed by atoms with E-state index in [-0.39, 0.29) is 12.5 Å². The zero-order valence-corrected chi connectivity index (χ0v) is 11.5. The van der Waals surface area contributed by atoms with Crippen LogP contribution in [0.4, 0.5) is 0 Å². The molecule has 4 nitrogen and oxygen atoms in total. The molecule has 1 amide bonds. The number of benzene rings is 1. The van der Waals surface area contributed by atoms with Crippen LogP contribution in [0, 0.1) is 0 Å². The maximum atomic E-state index is 12.5. The van der Waals surface area contributed by atoms with Crippen molar-refractivity contribution in [3.05, 3.63) is 36.0 Å². The highest BCUT2D eigenvalue weighted by Gasteiger charge is 2.19. The Morgan fingerprint density at radius 1 is 1.32 bits per heavy atom. The molecule has 0 saturated heterocycles. The van der Waals surface area contributed by atoms with Crippen molar-refractivity contribution < 1.29 is 9.90 Å². The molecule has 4 heteroatoms. The van der Waals surface area contributed by atoms with E-state index in [4.69, 9.17) is 5.11 Å². The zero-order chi connectivity index (χ0) is 13.8. The summed E-state index contributed by atoms with van der Waals surface area (Å²) in [6.45, 7) is 5.68. The number of para-hydroxylation sites is 1. The number of aliphatic hydroxyl groups excluding tert-OH is 1. The van der Waals surface area contributed by atoms with E-state index >= 15 is 0 Å². The summed E-state index contributed by atoms with van der Waals surface area (Å²) in [5.74, 6) is -0.0189. The van der Waals surface area contributed by atoms with E-state index in [9.17, 15) is 4.79 Å². The molecule has 2 aromatic rings. The van der Waals surface area contributed by atoms with Gasteiger partial charge in [0.1, 0.15) is 5.69 Å². The highest BCUT2D eigenvalue weighted by Crippen LogP contribution is 2.20. The van der Waals surface area contributed by atoms with Crippen LogP contribution >= 0.6 is 0 Å². The largest absolute Gasteiger partial charge is 0.395 e. The van der Waals surface area contributed by atoms with Gasteiger partial charge in [-0.15, -0.1) is 0 Å². The minimum atomic E-state index is -0.0189. The molecule has 0 aliphatic carbocycles. The fraction of sp³-hybridized carbons (Fsp3) is 0.400. The Bertz CT molecular complexity index is 575. The lowest BCUT2D eigenvalue weighted by Crippen LogP contribution is -2.34. The molecule has 102 valence electrons. The number of aromatic nitrogens is 1. The van der Waals surface area contributed by atoms with Gasteiger partial charge in [-0.25, -0.2) is 0 Å². The third kappa shape index (κ3) is 2.49. The lowest BCUT2D eigenvalue weighted by molar-refractivity contribution is 0.0722. The number of aryl methyl sites for hydroxylation is 1. The van der Waals surface area contributed by atoms with Gasteiger partial charge in [-0.3, -0.25) is 4.79 Å². The van der Waals surface area contributed by atoms with Gasteiger partial charge in [0.05, 0.1) is 6.61 Å². The van der Waals surface area contributed by atoms with Crippen LogP contribution in [0.2, 0.25) is 0 Å². The molecular weight excluding hydrogens is 240 g/mol. The summed E-state index contributed by atoms with van der Waals surface area (Å²) >= 11 is 0. The average Bonchev–Trinajstić information content (AvgIpc) is 2.82. The Balaban J connectivity index is 2.46. The van der Waals surface area contributed by atoms with Crippen molar-refractivity contribution in [2.75, 3.05) is 19.7 Å². The first-order chi connectivity index (χ1) is 9.22. The van der Waals surface area contributed by atoms with Gasteiger partial charge in [-0.2, -0.15) is 0 Å². The number of hydrogen-bond donors (Lipinski definition) is 1. The molecule has 0 aliphatic heterocycles. The van der Waals surface area contributed by atoms with E-state index in [0.717, 1.165) is 17.4 Å². The maximum absolute atomic E-state index is 12.5. The number of amides is 1. The first-order valence-electron chi connectivity index (χ1n) is 6.71. The van der Waals surface area contributed by atoms with E-state index in [1.54, 1.807) is 4.90 Å². The number of nitrogens with zero attached hydrogens (tertiary/aromatic N) is 2. The molecule has 19 heavy (non-hydrogen) atoms. The van der Waals surface area contributed by atoms with E-state index in [1.807, 2.05) is 48.7 Å². The third-order valence-electron chi connectivity index (χ3n) is 3.38. The minimum Gasteiger partial charge on any atom is -0.395 e. The topological polar surface area (TPSA) is 45.5 Å². The van der Waals surface area contributed by atoms with Crippen molar-refractivity contribution in [2.24, 2.45) is 0 Å². The summed E-state index contributed by atoms with van der Waals surface area (Å²) < 4.78 is 2.03. The summed E-state index contributed by atoms with van der Waals surface area (Å²) in [6, 6.07) is 9.93. The Hall–Kier alpha value is -1.81. The Morgan fingerprint density at radius 3 is 2.68 bits per heavy atom. The Morgan fingerprint density at radius 2 is 2.05 bits per heavy atom. The van der Waals surface area contributed by atoms with Crippen molar-refractivity contribution in [2.45, 2.75) is 20.4 Å². The molecule has 1 aromatic carbocycles. The first kappa shape index (κ1) is 13.6. The van der Waals surface area contributed by atoms with Gasteiger partial charge in [-0.1, -0.05) is 18.2 Å². The average molecular weight is 260 g/mol. The SMILES string of the molecule is CCN(CCO)C(=O)c1cc2ccccc2n1CC. The molecule has 1 heterocycles. The fourth-order valence-corrected chi connectivity index (χ4v) is 2.41. The summed E-state index contributed by atoms with van der Waals surface area (Å²) in [6.07, 6.45) is 0. The zero-order valence-electron chi connectivity index (χ0n) is 11.5. The molecule has 0 saturated carbocycles. The van der Waals surface area contributed by atoms with Crippen molar-refractivity contribution >= 4 is 16.8 Å². The van der Waals surface area contributed by atoms with Gasteiger partial charge in [0.25, 0.3) is 5.91 Å². The summed E-state index contributed by atoms with van der Waals surface area (Å²) in [5.41, 5.74) is 1.77. The molecular formula is C15H20N2O2. The predicted molar refractivity (Wildman–Crippen MR) is 76.3 cm³/mol. The first-order valence-corrected chi connectivity index (χ1v) is 6.71. The second-order valence-corrected chi connectivity index (χ2v) is 4.44. The summed E-state index contributed by atoms with van der Waals surface area (Å²) in [4.78, 5) is 14.2. The smallest absolute Gasteiger partial charge is 0.270 e. The molecule has 0 spiro atoms. The second kappa shape index (κ2) is 5.89. The molecule has 0 radical (unpaired) electrons. The number of likely N-dealkylation sites (N-methyl/N-ethyl adjacent to an activating group) is 1. The third-order valence-corrected chi connectivity index (χ3v) is 3.38. The molecule has 0 atom stereocenters. The van der Waals surface area contributed by atoms with Crippen molar-refractivity contribution in [1.82, 2.24) is 9.47 Å². The van der Waals surface area contributed by atoms with Gasteiger partial charge in [0.15, 0.2) is 0 Å². The lowest BCUT2D eigenvalue weighted by atomic mass is 10.2. The standard InChI is InChI=1S/C15H20N2O2/c1-3-16(9-10-18)15(19)14-11-12-7-5-6-8-13(12)17(14)4-2/h5-8,11,18H,3-4,9-10H2,1-2H3. The molecule has 2 rings (SSSR count). The normalized spacial score (nSPS) is 10.9. The van der Waals surface area contributed by atoms with Crippen molar-refractivity contribution in [1.29, 1.82) is 0 Å². The van der Waals surface area contributed by atoms with Gasteiger partial charge < -0.3 is 14.6 Å². The molecule has 1 aromatic heterocycles. The Labute approximate surface area is 113 Å². The quantitative estimate of drug-likeness (QED) is 0.895. The van der Waals surface area contributed by atoms with Crippen LogP contribution in [-0.2, 0) is 6.54 Å². The molecule has 1 N–H and O–H groups in total. The van der Waals surface area contributed by atoms with Crippen molar-refractivity contribution in [3.63, 3.8) is 0 Å². The Kier molecular flexibility index (Phi) is 4.22. The number of rotatable bonds is 5. The van der Waals surface area contributed by atoms with Gasteiger partial charge in [0.2, 0.25) is 0 Å². The van der Waals surface area contributed by atoms with E-state index in [1.165, 1.54) is 0 Å². The summed E-state index contributed by atoms with van der Waals surface area (Å²) in [5, 5.41) is 10.1. The van der Waals surface area contributed by atoms with Crippen LogP contribution in [0.15, 0.2) is 30.3 Å². The highest BCUT2D eigenvalue weighted by atomic mass is 16.3. The van der Waals surface area contributed by atoms with E-state index < -0.39 is 0 Å². The summed E-state index contributed by atoms with van der Waals surface area (Å²) in [7, 11) is 0. The van der Waals surface area contributed by atoms with Crippen LogP contribution < -0.4 is 0 Å². The molecule has 0 aliphatic rings. The number of aliphatic hydroxyl groups is 1. The van der Waals surface area contributed by atoms with Crippen LogP contribution in [0.25, 0.3) is 10.9 Å². The van der Waals surface area contributed by atoms with Crippen LogP contribution in [0.1, 0.15) is 24.3 Å². The number of carbonyl (C=O) groups is 1. The van der Waals surface area contributed by atoms with Gasteiger partial charge in [0, 0.05) is 30.5 Å². The van der Waals surface area contributed by atoms with Crippen LogP contribution in [0.5, 0.6) is 0 Å².